The Kier molecular flexibility index (Phi) is 4.66. The number of piperidine rings is 1. The van der Waals surface area contributed by atoms with Gasteiger partial charge >= 0.3 is 0 Å². The molecular weight excluding hydrogens is 319 g/mol. The summed E-state index contributed by atoms with van der Waals surface area (Å²) in [5, 5.41) is 0.651. The van der Waals surface area contributed by atoms with Gasteiger partial charge in [-0.15, -0.1) is 0 Å². The number of sulfonamides is 1. The molecule has 0 aromatic heterocycles. The van der Waals surface area contributed by atoms with E-state index in [0.717, 1.165) is 12.8 Å². The summed E-state index contributed by atoms with van der Waals surface area (Å²) in [5.41, 5.74) is 7.01. The maximum atomic E-state index is 12.8. The number of hydrogen-bond acceptors (Lipinski definition) is 3. The van der Waals surface area contributed by atoms with E-state index in [0.29, 0.717) is 29.2 Å². The van der Waals surface area contributed by atoms with Gasteiger partial charge in [-0.2, -0.15) is 4.31 Å². The van der Waals surface area contributed by atoms with Crippen LogP contribution < -0.4 is 5.73 Å². The molecule has 0 spiro atoms. The molecule has 0 radical (unpaired) electrons. The number of nitrogens with zero attached hydrogens (tertiary/aromatic N) is 1. The molecular formula is C13H18Cl2N2O2S. The minimum Gasteiger partial charge on any atom is -0.327 e. The Balaban J connectivity index is 2.55. The highest BCUT2D eigenvalue weighted by atomic mass is 35.5. The lowest BCUT2D eigenvalue weighted by Gasteiger charge is -2.30. The van der Waals surface area contributed by atoms with Crippen LogP contribution in [0, 0.1) is 13.8 Å². The minimum atomic E-state index is -3.66. The van der Waals surface area contributed by atoms with Crippen LogP contribution in [-0.4, -0.2) is 31.9 Å². The smallest absolute Gasteiger partial charge is 0.244 e. The van der Waals surface area contributed by atoms with Crippen molar-refractivity contribution >= 4 is 33.2 Å². The van der Waals surface area contributed by atoms with Crippen molar-refractivity contribution in [2.45, 2.75) is 37.6 Å². The fourth-order valence-electron chi connectivity index (χ4n) is 2.44. The molecule has 0 amide bonds. The van der Waals surface area contributed by atoms with E-state index in [1.165, 1.54) is 4.31 Å². The van der Waals surface area contributed by atoms with Crippen LogP contribution >= 0.6 is 23.2 Å². The third-order valence-electron chi connectivity index (χ3n) is 3.61. The van der Waals surface area contributed by atoms with Crippen LogP contribution in [0.5, 0.6) is 0 Å². The van der Waals surface area contributed by atoms with Gasteiger partial charge in [0.25, 0.3) is 0 Å². The molecule has 20 heavy (non-hydrogen) atoms. The van der Waals surface area contributed by atoms with Gasteiger partial charge in [0.05, 0.1) is 5.02 Å². The molecule has 0 bridgehead atoms. The maximum Gasteiger partial charge on any atom is 0.244 e. The van der Waals surface area contributed by atoms with Gasteiger partial charge in [0.15, 0.2) is 0 Å². The Labute approximate surface area is 129 Å². The quantitative estimate of drug-likeness (QED) is 0.902. The van der Waals surface area contributed by atoms with Crippen molar-refractivity contribution in [1.29, 1.82) is 0 Å². The molecule has 112 valence electrons. The van der Waals surface area contributed by atoms with Crippen LogP contribution in [0.2, 0.25) is 10.0 Å². The van der Waals surface area contributed by atoms with E-state index < -0.39 is 10.0 Å². The summed E-state index contributed by atoms with van der Waals surface area (Å²) in [6.45, 7) is 4.21. The molecule has 7 heteroatoms. The van der Waals surface area contributed by atoms with E-state index in [1.807, 2.05) is 0 Å². The van der Waals surface area contributed by atoms with Crippen molar-refractivity contribution < 1.29 is 8.42 Å². The highest BCUT2D eigenvalue weighted by Gasteiger charge is 2.32. The number of hydrogen-bond donors (Lipinski definition) is 1. The summed E-state index contributed by atoms with van der Waals surface area (Å²) in [5.74, 6) is 0. The molecule has 0 saturated carbocycles. The molecule has 2 rings (SSSR count). The lowest BCUT2D eigenvalue weighted by molar-refractivity contribution is 0.316. The van der Waals surface area contributed by atoms with E-state index in [-0.39, 0.29) is 16.0 Å². The van der Waals surface area contributed by atoms with Crippen LogP contribution in [-0.2, 0) is 10.0 Å². The SMILES string of the molecule is Cc1cc(Cl)c(C)c(S(=O)(=O)N2CCC[C@@H](N)C2)c1Cl. The van der Waals surface area contributed by atoms with E-state index in [9.17, 15) is 8.42 Å². The van der Waals surface area contributed by atoms with E-state index in [4.69, 9.17) is 28.9 Å². The Morgan fingerprint density at radius 1 is 1.35 bits per heavy atom. The van der Waals surface area contributed by atoms with Gasteiger partial charge in [-0.05, 0) is 43.9 Å². The second-order valence-corrected chi connectivity index (χ2v) is 7.87. The average molecular weight is 337 g/mol. The fourth-order valence-corrected chi connectivity index (χ4v) is 5.14. The van der Waals surface area contributed by atoms with Crippen molar-refractivity contribution in [3.8, 4) is 0 Å². The standard InChI is InChI=1S/C13H18Cl2N2O2S/c1-8-6-11(14)9(2)13(12(8)15)20(18,19)17-5-3-4-10(16)7-17/h6,10H,3-5,7,16H2,1-2H3/t10-/m1/s1. The third kappa shape index (κ3) is 2.83. The fraction of sp³-hybridized carbons (Fsp3) is 0.538. The predicted octanol–water partition coefficient (Wildman–Crippen LogP) is 2.72. The van der Waals surface area contributed by atoms with Gasteiger partial charge in [-0.1, -0.05) is 23.2 Å². The zero-order chi connectivity index (χ0) is 15.1. The summed E-state index contributed by atoms with van der Waals surface area (Å²) < 4.78 is 27.0. The minimum absolute atomic E-state index is 0.110. The first-order valence-corrected chi connectivity index (χ1v) is 8.65. The number of halogens is 2. The highest BCUT2D eigenvalue weighted by Crippen LogP contribution is 2.35. The summed E-state index contributed by atoms with van der Waals surface area (Å²) >= 11 is 12.3. The largest absolute Gasteiger partial charge is 0.327 e. The normalized spacial score (nSPS) is 21.1. The Morgan fingerprint density at radius 2 is 2.00 bits per heavy atom. The van der Waals surface area contributed by atoms with Crippen molar-refractivity contribution in [2.75, 3.05) is 13.1 Å². The topological polar surface area (TPSA) is 63.4 Å². The van der Waals surface area contributed by atoms with E-state index >= 15 is 0 Å². The van der Waals surface area contributed by atoms with Crippen molar-refractivity contribution in [3.05, 3.63) is 27.2 Å². The summed E-state index contributed by atoms with van der Waals surface area (Å²) in [4.78, 5) is 0.110. The van der Waals surface area contributed by atoms with Crippen molar-refractivity contribution in [2.24, 2.45) is 5.73 Å². The van der Waals surface area contributed by atoms with Crippen molar-refractivity contribution in [1.82, 2.24) is 4.31 Å². The molecule has 1 saturated heterocycles. The van der Waals surface area contributed by atoms with Crippen LogP contribution in [0.25, 0.3) is 0 Å². The van der Waals surface area contributed by atoms with Gasteiger partial charge in [-0.3, -0.25) is 0 Å². The summed E-state index contributed by atoms with van der Waals surface area (Å²) in [6.07, 6.45) is 1.60. The third-order valence-corrected chi connectivity index (χ3v) is 6.64. The molecule has 2 N–H and O–H groups in total. The van der Waals surface area contributed by atoms with Gasteiger partial charge < -0.3 is 5.73 Å². The number of aryl methyl sites for hydroxylation is 1. The Hall–Kier alpha value is -0.330. The van der Waals surface area contributed by atoms with Gasteiger partial charge in [-0.25, -0.2) is 8.42 Å². The van der Waals surface area contributed by atoms with Gasteiger partial charge in [0.2, 0.25) is 10.0 Å². The number of benzene rings is 1. The number of rotatable bonds is 2. The molecule has 1 aliphatic rings. The Morgan fingerprint density at radius 3 is 2.60 bits per heavy atom. The van der Waals surface area contributed by atoms with E-state index in [1.54, 1.807) is 19.9 Å². The molecule has 0 aliphatic carbocycles. The zero-order valence-electron chi connectivity index (χ0n) is 11.5. The van der Waals surface area contributed by atoms with Crippen LogP contribution in [0.1, 0.15) is 24.0 Å². The molecule has 4 nitrogen and oxygen atoms in total. The molecule has 1 aromatic rings. The predicted molar refractivity (Wildman–Crippen MR) is 81.9 cm³/mol. The Bertz CT molecular complexity index is 605. The second kappa shape index (κ2) is 5.81. The molecule has 1 atom stereocenters. The molecule has 1 aliphatic heterocycles. The zero-order valence-corrected chi connectivity index (χ0v) is 13.8. The summed E-state index contributed by atoms with van der Waals surface area (Å²) in [6, 6.07) is 1.55. The molecule has 1 heterocycles. The van der Waals surface area contributed by atoms with Crippen LogP contribution in [0.3, 0.4) is 0 Å². The lowest BCUT2D eigenvalue weighted by atomic mass is 10.1. The second-order valence-electron chi connectivity index (χ2n) is 5.21. The molecule has 1 fully saturated rings. The molecule has 1 aromatic carbocycles. The van der Waals surface area contributed by atoms with E-state index in [2.05, 4.69) is 0 Å². The first kappa shape index (κ1) is 16.0. The van der Waals surface area contributed by atoms with Crippen LogP contribution in [0.4, 0.5) is 0 Å². The average Bonchev–Trinajstić information content (AvgIpc) is 2.36. The summed E-state index contributed by atoms with van der Waals surface area (Å²) in [7, 11) is -3.66. The first-order chi connectivity index (χ1) is 9.25. The van der Waals surface area contributed by atoms with Crippen molar-refractivity contribution in [3.63, 3.8) is 0 Å². The maximum absolute atomic E-state index is 12.8. The molecule has 0 unspecified atom stereocenters. The highest BCUT2D eigenvalue weighted by molar-refractivity contribution is 7.89. The first-order valence-electron chi connectivity index (χ1n) is 6.46. The van der Waals surface area contributed by atoms with Gasteiger partial charge in [0.1, 0.15) is 4.90 Å². The monoisotopic (exact) mass is 336 g/mol. The van der Waals surface area contributed by atoms with Gasteiger partial charge in [0, 0.05) is 24.2 Å². The number of nitrogens with two attached hydrogens (primary N) is 1. The lowest BCUT2D eigenvalue weighted by Crippen LogP contribution is -2.45. The van der Waals surface area contributed by atoms with Crippen LogP contribution in [0.15, 0.2) is 11.0 Å².